The third-order valence-electron chi connectivity index (χ3n) is 2.80. The second-order valence-corrected chi connectivity index (χ2v) is 4.88. The van der Waals surface area contributed by atoms with Gasteiger partial charge in [0.05, 0.1) is 0 Å². The molecule has 1 aromatic rings. The maximum Gasteiger partial charge on any atom is 0.126 e. The van der Waals surface area contributed by atoms with Crippen LogP contribution in [0.4, 0.5) is 5.82 Å². The Hall–Kier alpha value is -0.740. The first-order valence-corrected chi connectivity index (χ1v) is 6.52. The minimum Gasteiger partial charge on any atom is -0.367 e. The summed E-state index contributed by atoms with van der Waals surface area (Å²) in [6, 6.07) is 5.01. The van der Waals surface area contributed by atoms with Gasteiger partial charge < -0.3 is 11.1 Å². The molecule has 1 fully saturated rings. The van der Waals surface area contributed by atoms with Crippen molar-refractivity contribution in [3.63, 3.8) is 0 Å². The Kier molecular flexibility index (Phi) is 3.49. The van der Waals surface area contributed by atoms with Gasteiger partial charge in [-0.3, -0.25) is 0 Å². The molecule has 3 N–H and O–H groups in total. The van der Waals surface area contributed by atoms with Crippen LogP contribution in [0.1, 0.15) is 19.3 Å². The Morgan fingerprint density at radius 1 is 1.47 bits per heavy atom. The summed E-state index contributed by atoms with van der Waals surface area (Å²) in [6.45, 7) is 0. The molecule has 2 rings (SSSR count). The molecule has 1 aliphatic carbocycles. The van der Waals surface area contributed by atoms with Gasteiger partial charge >= 0.3 is 0 Å². The number of nitrogens with two attached hydrogens (primary N) is 1. The Bertz CT molecular complexity index is 312. The van der Waals surface area contributed by atoms with Crippen LogP contribution in [-0.2, 0) is 0 Å². The zero-order chi connectivity index (χ0) is 10.7. The second-order valence-electron chi connectivity index (χ2n) is 4.00. The van der Waals surface area contributed by atoms with Crippen LogP contribution < -0.4 is 11.1 Å². The molecular weight excluding hydrogens is 206 g/mol. The Labute approximate surface area is 94.8 Å². The van der Waals surface area contributed by atoms with Crippen molar-refractivity contribution in [3.05, 3.63) is 18.3 Å². The Balaban J connectivity index is 1.93. The molecule has 3 nitrogen and oxygen atoms in total. The van der Waals surface area contributed by atoms with Gasteiger partial charge in [0.2, 0.25) is 0 Å². The van der Waals surface area contributed by atoms with Gasteiger partial charge in [0, 0.05) is 23.2 Å². The van der Waals surface area contributed by atoms with E-state index in [9.17, 15) is 0 Å². The van der Waals surface area contributed by atoms with Crippen LogP contribution in [-0.4, -0.2) is 23.3 Å². The normalized spacial score (nSPS) is 25.5. The lowest BCUT2D eigenvalue weighted by molar-refractivity contribution is 0.686. The molecule has 1 heterocycles. The van der Waals surface area contributed by atoms with Gasteiger partial charge in [-0.1, -0.05) is 0 Å². The van der Waals surface area contributed by atoms with E-state index in [1.54, 1.807) is 11.8 Å². The van der Waals surface area contributed by atoms with E-state index < -0.39 is 0 Å². The molecule has 2 atom stereocenters. The van der Waals surface area contributed by atoms with Crippen molar-refractivity contribution in [2.75, 3.05) is 11.6 Å². The summed E-state index contributed by atoms with van der Waals surface area (Å²) < 4.78 is 0. The van der Waals surface area contributed by atoms with Gasteiger partial charge in [-0.05, 0) is 37.7 Å². The average molecular weight is 223 g/mol. The molecule has 0 aliphatic heterocycles. The van der Waals surface area contributed by atoms with Crippen molar-refractivity contribution in [3.8, 4) is 0 Å². The van der Waals surface area contributed by atoms with Crippen LogP contribution in [0.25, 0.3) is 0 Å². The number of hydrogen-bond donors (Lipinski definition) is 2. The molecule has 0 aromatic carbocycles. The highest BCUT2D eigenvalue weighted by molar-refractivity contribution is 7.98. The number of nitrogens with one attached hydrogen (secondary N) is 1. The van der Waals surface area contributed by atoms with Crippen molar-refractivity contribution in [1.82, 2.24) is 4.98 Å². The maximum atomic E-state index is 5.86. The van der Waals surface area contributed by atoms with Crippen molar-refractivity contribution in [1.29, 1.82) is 0 Å². The summed E-state index contributed by atoms with van der Waals surface area (Å²) >= 11 is 1.71. The SMILES string of the molecule is CSc1ccc(N[C@H]2CC[C@H](N)C2)nc1. The van der Waals surface area contributed by atoms with Crippen LogP contribution in [0.2, 0.25) is 0 Å². The Morgan fingerprint density at radius 2 is 2.33 bits per heavy atom. The zero-order valence-electron chi connectivity index (χ0n) is 8.94. The lowest BCUT2D eigenvalue weighted by Gasteiger charge is -2.12. The largest absolute Gasteiger partial charge is 0.367 e. The van der Waals surface area contributed by atoms with E-state index in [2.05, 4.69) is 22.6 Å². The first kappa shape index (κ1) is 10.8. The van der Waals surface area contributed by atoms with Gasteiger partial charge in [-0.15, -0.1) is 11.8 Å². The van der Waals surface area contributed by atoms with E-state index in [1.165, 1.54) is 4.90 Å². The number of anilines is 1. The highest BCUT2D eigenvalue weighted by Crippen LogP contribution is 2.21. The highest BCUT2D eigenvalue weighted by Gasteiger charge is 2.21. The molecule has 0 bridgehead atoms. The van der Waals surface area contributed by atoms with Crippen molar-refractivity contribution in [2.24, 2.45) is 5.73 Å². The van der Waals surface area contributed by atoms with Gasteiger partial charge in [0.15, 0.2) is 0 Å². The quantitative estimate of drug-likeness (QED) is 0.770. The zero-order valence-corrected chi connectivity index (χ0v) is 9.76. The minimum atomic E-state index is 0.368. The molecule has 0 unspecified atom stereocenters. The average Bonchev–Trinajstić information content (AvgIpc) is 2.65. The van der Waals surface area contributed by atoms with Crippen LogP contribution >= 0.6 is 11.8 Å². The summed E-state index contributed by atoms with van der Waals surface area (Å²) in [5, 5.41) is 3.42. The van der Waals surface area contributed by atoms with Gasteiger partial charge in [0.1, 0.15) is 5.82 Å². The third-order valence-corrected chi connectivity index (χ3v) is 3.51. The predicted molar refractivity (Wildman–Crippen MR) is 65.3 cm³/mol. The summed E-state index contributed by atoms with van der Waals surface area (Å²) in [4.78, 5) is 5.56. The Morgan fingerprint density at radius 3 is 2.87 bits per heavy atom. The molecule has 1 aromatic heterocycles. The first-order chi connectivity index (χ1) is 7.28. The van der Waals surface area contributed by atoms with Crippen LogP contribution in [0.3, 0.4) is 0 Å². The molecule has 4 heteroatoms. The lowest BCUT2D eigenvalue weighted by Crippen LogP contribution is -2.21. The number of aromatic nitrogens is 1. The molecule has 0 radical (unpaired) electrons. The van der Waals surface area contributed by atoms with E-state index >= 15 is 0 Å². The summed E-state index contributed by atoms with van der Waals surface area (Å²) in [5.74, 6) is 0.965. The summed E-state index contributed by atoms with van der Waals surface area (Å²) in [6.07, 6.45) is 7.31. The number of nitrogens with zero attached hydrogens (tertiary/aromatic N) is 1. The third kappa shape index (κ3) is 2.86. The van der Waals surface area contributed by atoms with E-state index in [-0.39, 0.29) is 0 Å². The lowest BCUT2D eigenvalue weighted by atomic mass is 10.2. The monoisotopic (exact) mass is 223 g/mol. The number of rotatable bonds is 3. The molecule has 0 saturated heterocycles. The van der Waals surface area contributed by atoms with E-state index in [0.29, 0.717) is 12.1 Å². The second kappa shape index (κ2) is 4.86. The standard InChI is InChI=1S/C11H17N3S/c1-15-10-4-5-11(13-7-10)14-9-3-2-8(12)6-9/h4-5,7-9H,2-3,6,12H2,1H3,(H,13,14)/t8-,9-/m0/s1. The first-order valence-electron chi connectivity index (χ1n) is 5.30. The predicted octanol–water partition coefficient (Wildman–Crippen LogP) is 2.10. The van der Waals surface area contributed by atoms with Gasteiger partial charge in [0.25, 0.3) is 0 Å². The number of pyridine rings is 1. The molecular formula is C11H17N3S. The molecule has 0 amide bonds. The number of hydrogen-bond acceptors (Lipinski definition) is 4. The van der Waals surface area contributed by atoms with Crippen LogP contribution in [0.5, 0.6) is 0 Å². The molecule has 1 saturated carbocycles. The molecule has 1 aliphatic rings. The fraction of sp³-hybridized carbons (Fsp3) is 0.545. The molecule has 82 valence electrons. The van der Waals surface area contributed by atoms with E-state index in [0.717, 1.165) is 25.1 Å². The van der Waals surface area contributed by atoms with Gasteiger partial charge in [-0.2, -0.15) is 0 Å². The van der Waals surface area contributed by atoms with Crippen LogP contribution in [0.15, 0.2) is 23.2 Å². The summed E-state index contributed by atoms with van der Waals surface area (Å²) in [7, 11) is 0. The van der Waals surface area contributed by atoms with Crippen molar-refractivity contribution < 1.29 is 0 Å². The summed E-state index contributed by atoms with van der Waals surface area (Å²) in [5.41, 5.74) is 5.86. The molecule has 0 spiro atoms. The maximum absolute atomic E-state index is 5.86. The highest BCUT2D eigenvalue weighted by atomic mass is 32.2. The molecule has 15 heavy (non-hydrogen) atoms. The minimum absolute atomic E-state index is 0.368. The van der Waals surface area contributed by atoms with Gasteiger partial charge in [-0.25, -0.2) is 4.98 Å². The smallest absolute Gasteiger partial charge is 0.126 e. The van der Waals surface area contributed by atoms with Crippen molar-refractivity contribution >= 4 is 17.6 Å². The fourth-order valence-corrected chi connectivity index (χ4v) is 2.31. The van der Waals surface area contributed by atoms with E-state index in [4.69, 9.17) is 5.73 Å². The van der Waals surface area contributed by atoms with E-state index in [1.807, 2.05) is 12.3 Å². The van der Waals surface area contributed by atoms with Crippen molar-refractivity contribution in [2.45, 2.75) is 36.2 Å². The topological polar surface area (TPSA) is 50.9 Å². The van der Waals surface area contributed by atoms with Crippen LogP contribution in [0, 0.1) is 0 Å². The number of thioether (sulfide) groups is 1. The fourth-order valence-electron chi connectivity index (χ4n) is 1.94.